The highest BCUT2D eigenvalue weighted by Crippen LogP contribution is 2.32. The number of alkyl halides is 3. The second-order valence-electron chi connectivity index (χ2n) is 5.91. The normalized spacial score (nSPS) is 11.6. The van der Waals surface area contributed by atoms with E-state index in [-0.39, 0.29) is 29.4 Å². The maximum atomic E-state index is 12.6. The number of esters is 1. The molecule has 1 heterocycles. The van der Waals surface area contributed by atoms with Gasteiger partial charge in [-0.05, 0) is 11.6 Å². The predicted octanol–water partition coefficient (Wildman–Crippen LogP) is 0.411. The first kappa shape index (κ1) is 23.9. The fourth-order valence-corrected chi connectivity index (χ4v) is 2.79. The highest BCUT2D eigenvalue weighted by Gasteiger charge is 2.48. The van der Waals surface area contributed by atoms with E-state index in [2.05, 4.69) is 24.5 Å². The molecule has 10 nitrogen and oxygen atoms in total. The van der Waals surface area contributed by atoms with Crippen molar-refractivity contribution in [3.05, 3.63) is 36.0 Å². The van der Waals surface area contributed by atoms with Crippen molar-refractivity contribution in [1.29, 1.82) is 0 Å². The van der Waals surface area contributed by atoms with Gasteiger partial charge < -0.3 is 19.6 Å². The largest absolute Gasteiger partial charge is 0.534 e. The first-order chi connectivity index (χ1) is 14.4. The Hall–Kier alpha value is -3.42. The number of aromatic nitrogens is 1. The van der Waals surface area contributed by atoms with E-state index in [0.29, 0.717) is 0 Å². The maximum Gasteiger partial charge on any atom is 0.534 e. The molecule has 2 rings (SSSR count). The molecule has 0 fully saturated rings. The summed E-state index contributed by atoms with van der Waals surface area (Å²) in [5.74, 6) is -2.56. The number of hydrogen-bond donors (Lipinski definition) is 2. The van der Waals surface area contributed by atoms with E-state index in [1.807, 2.05) is 0 Å². The average molecular weight is 463 g/mol. The van der Waals surface area contributed by atoms with Crippen LogP contribution in [0.25, 0.3) is 10.9 Å². The quantitative estimate of drug-likeness (QED) is 0.326. The Labute approximate surface area is 173 Å². The average Bonchev–Trinajstić information content (AvgIpc) is 2.70. The van der Waals surface area contributed by atoms with Crippen LogP contribution in [-0.2, 0) is 35.7 Å². The van der Waals surface area contributed by atoms with Crippen LogP contribution in [-0.4, -0.2) is 56.9 Å². The molecule has 0 unspecified atom stereocenters. The minimum absolute atomic E-state index is 0.0441. The summed E-state index contributed by atoms with van der Waals surface area (Å²) < 4.78 is 68.9. The van der Waals surface area contributed by atoms with Gasteiger partial charge in [0.2, 0.25) is 11.8 Å². The number of methoxy groups -OCH3 is 1. The topological polar surface area (TPSA) is 141 Å². The molecule has 2 aromatic rings. The Morgan fingerprint density at radius 2 is 1.74 bits per heavy atom. The molecule has 0 saturated carbocycles. The maximum absolute atomic E-state index is 12.6. The summed E-state index contributed by atoms with van der Waals surface area (Å²) in [6.45, 7) is -0.811. The molecule has 0 spiro atoms. The molecule has 14 heteroatoms. The molecule has 0 aliphatic carbocycles. The number of amides is 2. The van der Waals surface area contributed by atoms with Crippen molar-refractivity contribution in [3.8, 4) is 5.75 Å². The summed E-state index contributed by atoms with van der Waals surface area (Å²) in [6.07, 6.45) is 0.718. The number of para-hydroxylation sites is 1. The number of halogens is 3. The van der Waals surface area contributed by atoms with E-state index in [9.17, 15) is 36.0 Å². The molecular weight excluding hydrogens is 447 g/mol. The van der Waals surface area contributed by atoms with E-state index in [4.69, 9.17) is 0 Å². The van der Waals surface area contributed by atoms with E-state index < -0.39 is 45.7 Å². The van der Waals surface area contributed by atoms with Gasteiger partial charge in [-0.25, -0.2) is 0 Å². The van der Waals surface area contributed by atoms with Gasteiger partial charge in [0.25, 0.3) is 0 Å². The second kappa shape index (κ2) is 9.59. The minimum atomic E-state index is -5.89. The zero-order chi connectivity index (χ0) is 23.2. The van der Waals surface area contributed by atoms with Gasteiger partial charge >= 0.3 is 21.6 Å². The van der Waals surface area contributed by atoms with Gasteiger partial charge in [0.1, 0.15) is 6.54 Å². The van der Waals surface area contributed by atoms with Crippen molar-refractivity contribution in [1.82, 2.24) is 15.6 Å². The van der Waals surface area contributed by atoms with Crippen LogP contribution in [0.2, 0.25) is 0 Å². The number of nitrogens with zero attached hydrogens (tertiary/aromatic N) is 1. The van der Waals surface area contributed by atoms with Crippen molar-refractivity contribution >= 4 is 38.8 Å². The van der Waals surface area contributed by atoms with Crippen LogP contribution in [0.4, 0.5) is 13.2 Å². The van der Waals surface area contributed by atoms with E-state index in [1.165, 1.54) is 18.2 Å². The van der Waals surface area contributed by atoms with Crippen molar-refractivity contribution in [2.75, 3.05) is 20.2 Å². The zero-order valence-electron chi connectivity index (χ0n) is 15.9. The lowest BCUT2D eigenvalue weighted by Gasteiger charge is -2.12. The number of ether oxygens (including phenoxy) is 1. The number of carbonyl (C=O) groups excluding carboxylic acids is 3. The summed E-state index contributed by atoms with van der Waals surface area (Å²) in [4.78, 5) is 38.6. The Kier molecular flexibility index (Phi) is 7.38. The summed E-state index contributed by atoms with van der Waals surface area (Å²) in [5.41, 5.74) is -5.32. The molecule has 0 aliphatic heterocycles. The van der Waals surface area contributed by atoms with Gasteiger partial charge in [0, 0.05) is 17.6 Å². The van der Waals surface area contributed by atoms with Gasteiger partial charge in [-0.3, -0.25) is 19.4 Å². The van der Waals surface area contributed by atoms with Gasteiger partial charge in [0.05, 0.1) is 25.6 Å². The molecule has 2 amide bonds. The summed E-state index contributed by atoms with van der Waals surface area (Å²) in [6, 6.07) is 5.06. The number of hydrogen-bond acceptors (Lipinski definition) is 8. The van der Waals surface area contributed by atoms with E-state index in [0.717, 1.165) is 19.4 Å². The number of fused-ring (bicyclic) bond motifs is 1. The SMILES string of the molecule is COC(=O)CNC(=O)CNC(=O)Cc1cccc2c(OS(=O)(=O)C(F)(F)F)ccnc12. The fraction of sp³-hybridized carbons (Fsp3) is 0.294. The Balaban J connectivity index is 2.13. The molecule has 1 aromatic heterocycles. The van der Waals surface area contributed by atoms with Crippen molar-refractivity contribution in [2.24, 2.45) is 0 Å². The van der Waals surface area contributed by atoms with Crippen LogP contribution < -0.4 is 14.8 Å². The Bertz CT molecular complexity index is 1100. The highest BCUT2D eigenvalue weighted by atomic mass is 32.2. The molecular formula is C17H16F3N3O7S. The monoisotopic (exact) mass is 463 g/mol. The molecule has 0 atom stereocenters. The fourth-order valence-electron chi connectivity index (χ4n) is 2.31. The minimum Gasteiger partial charge on any atom is -0.468 e. The predicted molar refractivity (Wildman–Crippen MR) is 99.1 cm³/mol. The lowest BCUT2D eigenvalue weighted by molar-refractivity contribution is -0.141. The van der Waals surface area contributed by atoms with Gasteiger partial charge in [-0.1, -0.05) is 12.1 Å². The lowest BCUT2D eigenvalue weighted by atomic mass is 10.1. The summed E-state index contributed by atoms with van der Waals surface area (Å²) >= 11 is 0. The molecule has 2 N–H and O–H groups in total. The molecule has 31 heavy (non-hydrogen) atoms. The smallest absolute Gasteiger partial charge is 0.468 e. The third-order valence-corrected chi connectivity index (χ3v) is 4.72. The molecule has 0 bridgehead atoms. The zero-order valence-corrected chi connectivity index (χ0v) is 16.7. The van der Waals surface area contributed by atoms with Gasteiger partial charge in [-0.15, -0.1) is 0 Å². The van der Waals surface area contributed by atoms with E-state index in [1.54, 1.807) is 0 Å². The first-order valence-corrected chi connectivity index (χ1v) is 9.83. The second-order valence-corrected chi connectivity index (χ2v) is 7.45. The molecule has 0 radical (unpaired) electrons. The number of benzene rings is 1. The number of carbonyl (C=O) groups is 3. The molecule has 1 aromatic carbocycles. The summed E-state index contributed by atoms with van der Waals surface area (Å²) in [5, 5.41) is 4.46. The van der Waals surface area contributed by atoms with Crippen LogP contribution in [0.15, 0.2) is 30.5 Å². The van der Waals surface area contributed by atoms with Gasteiger partial charge in [0.15, 0.2) is 5.75 Å². The Morgan fingerprint density at radius 3 is 2.39 bits per heavy atom. The molecule has 168 valence electrons. The first-order valence-electron chi connectivity index (χ1n) is 8.42. The van der Waals surface area contributed by atoms with Crippen LogP contribution in [0.5, 0.6) is 5.75 Å². The van der Waals surface area contributed by atoms with Crippen LogP contribution in [0.1, 0.15) is 5.56 Å². The van der Waals surface area contributed by atoms with Crippen LogP contribution >= 0.6 is 0 Å². The third kappa shape index (κ3) is 6.28. The standard InChI is InChI=1S/C17H16F3N3O7S/c1-29-15(26)9-23-14(25)8-22-13(24)7-10-3-2-4-11-12(5-6-21-16(10)11)30-31(27,28)17(18,19)20/h2-6H,7-9H2,1H3,(H,22,24)(H,23,25). The number of nitrogens with one attached hydrogen (secondary N) is 2. The van der Waals surface area contributed by atoms with Crippen LogP contribution in [0, 0.1) is 0 Å². The van der Waals surface area contributed by atoms with E-state index >= 15 is 0 Å². The van der Waals surface area contributed by atoms with Crippen LogP contribution in [0.3, 0.4) is 0 Å². The number of rotatable bonds is 8. The third-order valence-electron chi connectivity index (χ3n) is 3.75. The Morgan fingerprint density at radius 1 is 1.06 bits per heavy atom. The number of pyridine rings is 1. The summed E-state index contributed by atoms with van der Waals surface area (Å²) in [7, 11) is -4.75. The lowest BCUT2D eigenvalue weighted by Crippen LogP contribution is -2.39. The molecule has 0 aliphatic rings. The van der Waals surface area contributed by atoms with Crippen molar-refractivity contribution in [2.45, 2.75) is 11.9 Å². The van der Waals surface area contributed by atoms with Crippen molar-refractivity contribution in [3.63, 3.8) is 0 Å². The molecule has 0 saturated heterocycles. The van der Waals surface area contributed by atoms with Crippen molar-refractivity contribution < 1.29 is 44.9 Å². The highest BCUT2D eigenvalue weighted by molar-refractivity contribution is 7.88. The van der Waals surface area contributed by atoms with Gasteiger partial charge in [-0.2, -0.15) is 21.6 Å².